The first kappa shape index (κ1) is 15.6. The lowest BCUT2D eigenvalue weighted by Gasteiger charge is -2.18. The molecule has 0 aliphatic carbocycles. The van der Waals surface area contributed by atoms with Crippen LogP contribution in [0.2, 0.25) is 0 Å². The van der Waals surface area contributed by atoms with E-state index in [1.165, 1.54) is 0 Å². The number of amides is 1. The molecule has 0 unspecified atom stereocenters. The molecule has 0 saturated heterocycles. The van der Waals surface area contributed by atoms with E-state index >= 15 is 0 Å². The maximum Gasteiger partial charge on any atom is 0.255 e. The number of nitrogens with one attached hydrogen (secondary N) is 1. The van der Waals surface area contributed by atoms with Crippen LogP contribution in [0.15, 0.2) is 52.5 Å². The van der Waals surface area contributed by atoms with Crippen molar-refractivity contribution in [2.45, 2.75) is 6.92 Å². The lowest BCUT2D eigenvalue weighted by molar-refractivity contribution is -0.113. The van der Waals surface area contributed by atoms with Crippen LogP contribution in [0, 0.1) is 0 Å². The van der Waals surface area contributed by atoms with Gasteiger partial charge in [-0.15, -0.1) is 0 Å². The molecule has 0 bridgehead atoms. The van der Waals surface area contributed by atoms with Gasteiger partial charge >= 0.3 is 0 Å². The predicted molar refractivity (Wildman–Crippen MR) is 93.9 cm³/mol. The SMILES string of the molecule is CCOc1ccc(NC(=O)C2=Cc3cc(Br)ccc3OC2)cc1. The van der Waals surface area contributed by atoms with Gasteiger partial charge in [-0.2, -0.15) is 0 Å². The Kier molecular flexibility index (Phi) is 4.67. The van der Waals surface area contributed by atoms with E-state index in [9.17, 15) is 4.79 Å². The summed E-state index contributed by atoms with van der Waals surface area (Å²) in [5, 5.41) is 2.87. The van der Waals surface area contributed by atoms with Crippen molar-refractivity contribution in [3.05, 3.63) is 58.1 Å². The van der Waals surface area contributed by atoms with E-state index in [4.69, 9.17) is 9.47 Å². The Morgan fingerprint density at radius 3 is 2.78 bits per heavy atom. The molecular formula is C18H16BrNO3. The molecule has 23 heavy (non-hydrogen) atoms. The Balaban J connectivity index is 1.73. The zero-order valence-corrected chi connectivity index (χ0v) is 14.2. The van der Waals surface area contributed by atoms with E-state index in [1.807, 2.05) is 55.5 Å². The second-order valence-electron chi connectivity index (χ2n) is 5.05. The first-order valence-corrected chi connectivity index (χ1v) is 8.12. The number of rotatable bonds is 4. The summed E-state index contributed by atoms with van der Waals surface area (Å²) in [6.07, 6.45) is 1.85. The second kappa shape index (κ2) is 6.87. The molecule has 0 aromatic heterocycles. The minimum atomic E-state index is -0.167. The van der Waals surface area contributed by atoms with Crippen molar-refractivity contribution in [3.63, 3.8) is 0 Å². The smallest absolute Gasteiger partial charge is 0.255 e. The van der Waals surface area contributed by atoms with Crippen LogP contribution in [-0.4, -0.2) is 19.1 Å². The molecule has 1 N–H and O–H groups in total. The van der Waals surface area contributed by atoms with E-state index in [0.29, 0.717) is 12.2 Å². The standard InChI is InChI=1S/C18H16BrNO3/c1-2-22-16-6-4-15(5-7-16)20-18(21)13-9-12-10-14(19)3-8-17(12)23-11-13/h3-10H,2,11H2,1H3,(H,20,21). The molecular weight excluding hydrogens is 358 g/mol. The molecule has 1 aliphatic heterocycles. The minimum absolute atomic E-state index is 0.167. The molecule has 1 amide bonds. The third-order valence-corrected chi connectivity index (χ3v) is 3.89. The first-order chi connectivity index (χ1) is 11.2. The Labute approximate surface area is 143 Å². The highest BCUT2D eigenvalue weighted by atomic mass is 79.9. The number of ether oxygens (including phenoxy) is 2. The summed E-state index contributed by atoms with van der Waals surface area (Å²) in [4.78, 5) is 12.4. The maximum atomic E-state index is 12.4. The summed E-state index contributed by atoms with van der Waals surface area (Å²) in [7, 11) is 0. The zero-order chi connectivity index (χ0) is 16.2. The Morgan fingerprint density at radius 1 is 1.26 bits per heavy atom. The van der Waals surface area contributed by atoms with Crippen LogP contribution in [-0.2, 0) is 4.79 Å². The van der Waals surface area contributed by atoms with Crippen molar-refractivity contribution in [1.29, 1.82) is 0 Å². The van der Waals surface area contributed by atoms with Gasteiger partial charge in [0.25, 0.3) is 5.91 Å². The van der Waals surface area contributed by atoms with Gasteiger partial charge in [-0.25, -0.2) is 0 Å². The van der Waals surface area contributed by atoms with Crippen LogP contribution in [0.3, 0.4) is 0 Å². The van der Waals surface area contributed by atoms with Crippen LogP contribution < -0.4 is 14.8 Å². The molecule has 3 rings (SSSR count). The van der Waals surface area contributed by atoms with Crippen LogP contribution >= 0.6 is 15.9 Å². The number of anilines is 1. The van der Waals surface area contributed by atoms with Crippen LogP contribution in [0.5, 0.6) is 11.5 Å². The van der Waals surface area contributed by atoms with Gasteiger partial charge in [0.15, 0.2) is 0 Å². The summed E-state index contributed by atoms with van der Waals surface area (Å²) in [5.74, 6) is 1.40. The minimum Gasteiger partial charge on any atom is -0.494 e. The topological polar surface area (TPSA) is 47.6 Å². The van der Waals surface area contributed by atoms with Crippen LogP contribution in [0.1, 0.15) is 12.5 Å². The zero-order valence-electron chi connectivity index (χ0n) is 12.6. The molecule has 4 nitrogen and oxygen atoms in total. The normalized spacial score (nSPS) is 12.7. The van der Waals surface area contributed by atoms with Gasteiger partial charge in [0.1, 0.15) is 18.1 Å². The Hall–Kier alpha value is -2.27. The number of carbonyl (C=O) groups excluding carboxylic acids is 1. The first-order valence-electron chi connectivity index (χ1n) is 7.33. The molecule has 0 spiro atoms. The molecule has 0 radical (unpaired) electrons. The molecule has 5 heteroatoms. The predicted octanol–water partition coefficient (Wildman–Crippen LogP) is 4.26. The summed E-state index contributed by atoms with van der Waals surface area (Å²) in [6.45, 7) is 2.81. The van der Waals surface area contributed by atoms with Gasteiger partial charge in [0, 0.05) is 15.7 Å². The van der Waals surface area contributed by atoms with Crippen molar-refractivity contribution in [2.75, 3.05) is 18.5 Å². The van der Waals surface area contributed by atoms with Gasteiger partial charge in [-0.1, -0.05) is 15.9 Å². The molecule has 1 heterocycles. The molecule has 2 aromatic rings. The van der Waals surface area contributed by atoms with Crippen LogP contribution in [0.25, 0.3) is 6.08 Å². The fourth-order valence-corrected chi connectivity index (χ4v) is 2.67. The number of halogens is 1. The highest BCUT2D eigenvalue weighted by Gasteiger charge is 2.17. The third-order valence-electron chi connectivity index (χ3n) is 3.40. The lowest BCUT2D eigenvalue weighted by atomic mass is 10.1. The molecule has 1 aliphatic rings. The van der Waals surface area contributed by atoms with Gasteiger partial charge < -0.3 is 14.8 Å². The lowest BCUT2D eigenvalue weighted by Crippen LogP contribution is -2.21. The fourth-order valence-electron chi connectivity index (χ4n) is 2.29. The van der Waals surface area contributed by atoms with Crippen molar-refractivity contribution in [3.8, 4) is 11.5 Å². The van der Waals surface area contributed by atoms with Crippen molar-refractivity contribution in [1.82, 2.24) is 0 Å². The monoisotopic (exact) mass is 373 g/mol. The number of benzene rings is 2. The van der Waals surface area contributed by atoms with Crippen molar-refractivity contribution in [2.24, 2.45) is 0 Å². The second-order valence-corrected chi connectivity index (χ2v) is 5.97. The summed E-state index contributed by atoms with van der Waals surface area (Å²) in [6, 6.07) is 13.0. The van der Waals surface area contributed by atoms with Crippen LogP contribution in [0.4, 0.5) is 5.69 Å². The molecule has 0 fully saturated rings. The van der Waals surface area contributed by atoms with E-state index in [1.54, 1.807) is 0 Å². The number of carbonyl (C=O) groups is 1. The average molecular weight is 374 g/mol. The highest BCUT2D eigenvalue weighted by Crippen LogP contribution is 2.29. The quantitative estimate of drug-likeness (QED) is 0.870. The van der Waals surface area contributed by atoms with Gasteiger partial charge in [0.2, 0.25) is 0 Å². The molecule has 118 valence electrons. The Morgan fingerprint density at radius 2 is 2.04 bits per heavy atom. The Bertz CT molecular complexity index is 753. The molecule has 2 aromatic carbocycles. The average Bonchev–Trinajstić information content (AvgIpc) is 2.56. The van der Waals surface area contributed by atoms with Gasteiger partial charge in [0.05, 0.1) is 12.2 Å². The molecule has 0 atom stereocenters. The highest BCUT2D eigenvalue weighted by molar-refractivity contribution is 9.10. The number of hydrogen-bond acceptors (Lipinski definition) is 3. The number of hydrogen-bond donors (Lipinski definition) is 1. The van der Waals surface area contributed by atoms with Gasteiger partial charge in [-0.3, -0.25) is 4.79 Å². The third kappa shape index (κ3) is 3.74. The van der Waals surface area contributed by atoms with Crippen molar-refractivity contribution < 1.29 is 14.3 Å². The van der Waals surface area contributed by atoms with E-state index in [-0.39, 0.29) is 12.5 Å². The largest absolute Gasteiger partial charge is 0.494 e. The van der Waals surface area contributed by atoms with E-state index < -0.39 is 0 Å². The van der Waals surface area contributed by atoms with Crippen molar-refractivity contribution >= 4 is 33.6 Å². The maximum absolute atomic E-state index is 12.4. The van der Waals surface area contributed by atoms with Gasteiger partial charge in [-0.05, 0) is 55.5 Å². The molecule has 0 saturated carbocycles. The summed E-state index contributed by atoms with van der Waals surface area (Å²) < 4.78 is 12.0. The van der Waals surface area contributed by atoms with E-state index in [2.05, 4.69) is 21.2 Å². The van der Waals surface area contributed by atoms with E-state index in [0.717, 1.165) is 27.2 Å². The summed E-state index contributed by atoms with van der Waals surface area (Å²) >= 11 is 3.42. The fraction of sp³-hybridized carbons (Fsp3) is 0.167. The number of fused-ring (bicyclic) bond motifs is 1. The summed E-state index contributed by atoms with van der Waals surface area (Å²) in [5.41, 5.74) is 2.20.